The van der Waals surface area contributed by atoms with Crippen LogP contribution in [0.25, 0.3) is 0 Å². The van der Waals surface area contributed by atoms with E-state index in [2.05, 4.69) is 0 Å². The van der Waals surface area contributed by atoms with Crippen LogP contribution in [0.1, 0.15) is 32.1 Å². The number of hydrogen-bond donors (Lipinski definition) is 0. The molecule has 3 rings (SSSR count). The number of rotatable bonds is 3. The number of carbonyl (C=O) groups is 1. The van der Waals surface area contributed by atoms with Crippen LogP contribution in [0.3, 0.4) is 0 Å². The molecule has 0 N–H and O–H groups in total. The van der Waals surface area contributed by atoms with Gasteiger partial charge in [0.1, 0.15) is 5.75 Å². The van der Waals surface area contributed by atoms with Gasteiger partial charge in [0, 0.05) is 13.1 Å². The highest BCUT2D eigenvalue weighted by molar-refractivity contribution is 6.32. The van der Waals surface area contributed by atoms with Gasteiger partial charge in [-0.05, 0) is 36.8 Å². The Hall–Kier alpha value is -1.22. The number of para-hydroxylation sites is 1. The maximum atomic E-state index is 12.3. The van der Waals surface area contributed by atoms with Crippen LogP contribution in [0.2, 0.25) is 5.02 Å². The maximum Gasteiger partial charge on any atom is 0.260 e. The minimum Gasteiger partial charge on any atom is -0.482 e. The summed E-state index contributed by atoms with van der Waals surface area (Å²) < 4.78 is 5.56. The Morgan fingerprint density at radius 3 is 2.76 bits per heavy atom. The highest BCUT2D eigenvalue weighted by Gasteiger charge is 2.32. The van der Waals surface area contributed by atoms with Crippen LogP contribution in [0.4, 0.5) is 0 Å². The van der Waals surface area contributed by atoms with Gasteiger partial charge in [0.15, 0.2) is 6.61 Å². The van der Waals surface area contributed by atoms with Crippen LogP contribution in [-0.4, -0.2) is 30.5 Å². The van der Waals surface area contributed by atoms with Crippen molar-refractivity contribution in [1.82, 2.24) is 4.90 Å². The molecule has 0 aromatic heterocycles. The van der Waals surface area contributed by atoms with Gasteiger partial charge in [-0.1, -0.05) is 43.0 Å². The Morgan fingerprint density at radius 1 is 1.19 bits per heavy atom. The summed E-state index contributed by atoms with van der Waals surface area (Å²) in [6.07, 6.45) is 6.47. The number of hydrogen-bond acceptors (Lipinski definition) is 2. The van der Waals surface area contributed by atoms with E-state index < -0.39 is 0 Å². The summed E-state index contributed by atoms with van der Waals surface area (Å²) in [6, 6.07) is 7.28. The molecule has 21 heavy (non-hydrogen) atoms. The Morgan fingerprint density at radius 2 is 1.95 bits per heavy atom. The van der Waals surface area contributed by atoms with E-state index in [1.54, 1.807) is 12.1 Å². The number of benzene rings is 1. The molecule has 2 aliphatic rings. The van der Waals surface area contributed by atoms with Crippen molar-refractivity contribution in [2.75, 3.05) is 19.7 Å². The summed E-state index contributed by atoms with van der Waals surface area (Å²) in [5, 5.41) is 0.552. The minimum atomic E-state index is 0.0824. The normalized spacial score (nSPS) is 25.3. The molecule has 1 aliphatic carbocycles. The molecular weight excluding hydrogens is 286 g/mol. The summed E-state index contributed by atoms with van der Waals surface area (Å²) in [5.74, 6) is 2.21. The second kappa shape index (κ2) is 6.69. The van der Waals surface area contributed by atoms with E-state index in [1.807, 2.05) is 17.0 Å². The molecule has 1 aromatic rings. The highest BCUT2D eigenvalue weighted by Crippen LogP contribution is 2.36. The van der Waals surface area contributed by atoms with Crippen LogP contribution in [0.5, 0.6) is 5.75 Å². The topological polar surface area (TPSA) is 29.5 Å². The van der Waals surface area contributed by atoms with Crippen LogP contribution in [0, 0.1) is 11.8 Å². The average molecular weight is 308 g/mol. The number of ether oxygens (including phenoxy) is 1. The Kier molecular flexibility index (Phi) is 4.69. The number of likely N-dealkylation sites (tertiary alicyclic amines) is 1. The van der Waals surface area contributed by atoms with Crippen molar-refractivity contribution in [2.45, 2.75) is 32.1 Å². The van der Waals surface area contributed by atoms with Crippen LogP contribution in [0.15, 0.2) is 24.3 Å². The molecular formula is C17H22ClNO2. The summed E-state index contributed by atoms with van der Waals surface area (Å²) >= 11 is 6.03. The SMILES string of the molecule is O=C(COc1ccccc1Cl)N1CC[C@H]2CCCC[C@H]2C1. The molecule has 2 atom stereocenters. The zero-order valence-corrected chi connectivity index (χ0v) is 13.0. The third-order valence-electron chi connectivity index (χ3n) is 4.83. The predicted molar refractivity (Wildman–Crippen MR) is 83.6 cm³/mol. The van der Waals surface area contributed by atoms with Gasteiger partial charge in [0.25, 0.3) is 5.91 Å². The first kappa shape index (κ1) is 14.7. The lowest BCUT2D eigenvalue weighted by molar-refractivity contribution is -0.136. The molecule has 114 valence electrons. The van der Waals surface area contributed by atoms with E-state index in [9.17, 15) is 4.79 Å². The lowest BCUT2D eigenvalue weighted by Gasteiger charge is -2.41. The smallest absolute Gasteiger partial charge is 0.260 e. The average Bonchev–Trinajstić information content (AvgIpc) is 2.53. The number of piperidine rings is 1. The van der Waals surface area contributed by atoms with E-state index in [1.165, 1.54) is 25.7 Å². The molecule has 3 nitrogen and oxygen atoms in total. The molecule has 4 heteroatoms. The van der Waals surface area contributed by atoms with Crippen molar-refractivity contribution < 1.29 is 9.53 Å². The highest BCUT2D eigenvalue weighted by atomic mass is 35.5. The number of nitrogens with zero attached hydrogens (tertiary/aromatic N) is 1. The number of halogens is 1. The second-order valence-electron chi connectivity index (χ2n) is 6.15. The molecule has 0 unspecified atom stereocenters. The molecule has 2 fully saturated rings. The van der Waals surface area contributed by atoms with E-state index in [0.29, 0.717) is 16.7 Å². The van der Waals surface area contributed by atoms with Gasteiger partial charge < -0.3 is 9.64 Å². The monoisotopic (exact) mass is 307 g/mol. The number of carbonyl (C=O) groups excluding carboxylic acids is 1. The largest absolute Gasteiger partial charge is 0.482 e. The molecule has 1 saturated heterocycles. The lowest BCUT2D eigenvalue weighted by Crippen LogP contribution is -2.46. The third-order valence-corrected chi connectivity index (χ3v) is 5.14. The van der Waals surface area contributed by atoms with Crippen molar-refractivity contribution >= 4 is 17.5 Å². The zero-order valence-electron chi connectivity index (χ0n) is 12.3. The first-order chi connectivity index (χ1) is 10.2. The van der Waals surface area contributed by atoms with E-state index in [4.69, 9.17) is 16.3 Å². The fourth-order valence-corrected chi connectivity index (χ4v) is 3.81. The summed E-state index contributed by atoms with van der Waals surface area (Å²) in [5.41, 5.74) is 0. The fourth-order valence-electron chi connectivity index (χ4n) is 3.62. The minimum absolute atomic E-state index is 0.0824. The van der Waals surface area contributed by atoms with Crippen LogP contribution >= 0.6 is 11.6 Å². The van der Waals surface area contributed by atoms with E-state index in [-0.39, 0.29) is 12.5 Å². The standard InChI is InChI=1S/C17H22ClNO2/c18-15-7-3-4-8-16(15)21-12-17(20)19-10-9-13-5-1-2-6-14(13)11-19/h3-4,7-8,13-14H,1-2,5-6,9-12H2/t13-,14+/m1/s1. The molecule has 1 aliphatic heterocycles. The van der Waals surface area contributed by atoms with Crippen molar-refractivity contribution in [2.24, 2.45) is 11.8 Å². The molecule has 0 bridgehead atoms. The lowest BCUT2D eigenvalue weighted by atomic mass is 9.75. The van der Waals surface area contributed by atoms with Crippen molar-refractivity contribution in [3.63, 3.8) is 0 Å². The van der Waals surface area contributed by atoms with E-state index >= 15 is 0 Å². The van der Waals surface area contributed by atoms with Gasteiger partial charge in [-0.3, -0.25) is 4.79 Å². The van der Waals surface area contributed by atoms with Gasteiger partial charge in [-0.2, -0.15) is 0 Å². The van der Waals surface area contributed by atoms with Crippen molar-refractivity contribution in [3.05, 3.63) is 29.3 Å². The Bertz CT molecular complexity index is 505. The van der Waals surface area contributed by atoms with Gasteiger partial charge in [0.05, 0.1) is 5.02 Å². The molecule has 0 radical (unpaired) electrons. The summed E-state index contributed by atoms with van der Waals surface area (Å²) in [6.45, 7) is 1.88. The van der Waals surface area contributed by atoms with Gasteiger partial charge >= 0.3 is 0 Å². The van der Waals surface area contributed by atoms with E-state index in [0.717, 1.165) is 25.4 Å². The van der Waals surface area contributed by atoms with Crippen LogP contribution in [-0.2, 0) is 4.79 Å². The van der Waals surface area contributed by atoms with Crippen molar-refractivity contribution in [1.29, 1.82) is 0 Å². The Balaban J connectivity index is 1.53. The number of fused-ring (bicyclic) bond motifs is 1. The third kappa shape index (κ3) is 3.52. The summed E-state index contributed by atoms with van der Waals surface area (Å²) in [4.78, 5) is 14.3. The van der Waals surface area contributed by atoms with Gasteiger partial charge in [-0.25, -0.2) is 0 Å². The van der Waals surface area contributed by atoms with Gasteiger partial charge in [-0.15, -0.1) is 0 Å². The second-order valence-corrected chi connectivity index (χ2v) is 6.56. The van der Waals surface area contributed by atoms with Crippen LogP contribution < -0.4 is 4.74 Å². The van der Waals surface area contributed by atoms with Gasteiger partial charge in [0.2, 0.25) is 0 Å². The fraction of sp³-hybridized carbons (Fsp3) is 0.588. The first-order valence-corrected chi connectivity index (χ1v) is 8.27. The number of amides is 1. The molecule has 1 aromatic carbocycles. The quantitative estimate of drug-likeness (QED) is 0.851. The predicted octanol–water partition coefficient (Wildman–Crippen LogP) is 3.76. The molecule has 1 heterocycles. The molecule has 0 spiro atoms. The summed E-state index contributed by atoms with van der Waals surface area (Å²) in [7, 11) is 0. The first-order valence-electron chi connectivity index (χ1n) is 7.89. The van der Waals surface area contributed by atoms with Crippen molar-refractivity contribution in [3.8, 4) is 5.75 Å². The molecule has 1 saturated carbocycles. The Labute approximate surface area is 131 Å². The zero-order chi connectivity index (χ0) is 14.7. The molecule has 1 amide bonds. The maximum absolute atomic E-state index is 12.3.